The fourth-order valence-electron chi connectivity index (χ4n) is 3.03. The summed E-state index contributed by atoms with van der Waals surface area (Å²) in [5.41, 5.74) is 0.608. The van der Waals surface area contributed by atoms with Crippen LogP contribution in [-0.2, 0) is 21.2 Å². The Kier molecular flexibility index (Phi) is 6.16. The smallest absolute Gasteiger partial charge is 0.261 e. The minimum absolute atomic E-state index is 0.0537. The van der Waals surface area contributed by atoms with E-state index in [0.717, 1.165) is 4.47 Å². The summed E-state index contributed by atoms with van der Waals surface area (Å²) in [5.74, 6) is -0.213. The van der Waals surface area contributed by atoms with Gasteiger partial charge in [-0.2, -0.15) is 0 Å². The molecule has 2 aromatic rings. The topological polar surface area (TPSA) is 63.7 Å². The molecule has 1 amide bonds. The lowest BCUT2D eigenvalue weighted by Gasteiger charge is -2.28. The molecule has 2 aromatic carbocycles. The fourth-order valence-corrected chi connectivity index (χ4v) is 5.03. The summed E-state index contributed by atoms with van der Waals surface area (Å²) in [6.07, 6.45) is 0.377. The van der Waals surface area contributed by atoms with Crippen molar-refractivity contribution in [2.45, 2.75) is 19.0 Å². The average molecular weight is 456 g/mol. The zero-order chi connectivity index (χ0) is 19.4. The Morgan fingerprint density at radius 1 is 1.22 bits per heavy atom. The van der Waals surface area contributed by atoms with E-state index in [0.29, 0.717) is 17.7 Å². The first-order chi connectivity index (χ1) is 12.8. The SMILES string of the molecule is O=C(COc1ccc(Br)cc1)N(Cc1cccc(F)c1)C1CCS(=O)(=O)C1. The van der Waals surface area contributed by atoms with Crippen LogP contribution in [0.3, 0.4) is 0 Å². The molecule has 1 unspecified atom stereocenters. The van der Waals surface area contributed by atoms with Gasteiger partial charge in [0.1, 0.15) is 11.6 Å². The van der Waals surface area contributed by atoms with Crippen LogP contribution in [0, 0.1) is 5.82 Å². The van der Waals surface area contributed by atoms with E-state index in [-0.39, 0.29) is 30.6 Å². The second-order valence-electron chi connectivity index (χ2n) is 6.45. The van der Waals surface area contributed by atoms with Crippen LogP contribution in [0.5, 0.6) is 5.75 Å². The molecule has 144 valence electrons. The number of hydrogen-bond acceptors (Lipinski definition) is 4. The maximum absolute atomic E-state index is 13.5. The standard InChI is InChI=1S/C19H19BrFNO4S/c20-15-4-6-18(7-5-15)26-12-19(23)22(17-8-9-27(24,25)13-17)11-14-2-1-3-16(21)10-14/h1-7,10,17H,8-9,11-13H2. The minimum atomic E-state index is -3.16. The quantitative estimate of drug-likeness (QED) is 0.670. The first kappa shape index (κ1) is 19.8. The number of halogens is 2. The monoisotopic (exact) mass is 455 g/mol. The molecule has 8 heteroatoms. The summed E-state index contributed by atoms with van der Waals surface area (Å²) >= 11 is 3.33. The Labute approximate surface area is 166 Å². The molecule has 1 heterocycles. The molecule has 1 saturated heterocycles. The van der Waals surface area contributed by atoms with E-state index in [4.69, 9.17) is 4.74 Å². The summed E-state index contributed by atoms with van der Waals surface area (Å²) in [7, 11) is -3.16. The maximum atomic E-state index is 13.5. The maximum Gasteiger partial charge on any atom is 0.261 e. The van der Waals surface area contributed by atoms with Crippen LogP contribution in [0.2, 0.25) is 0 Å². The van der Waals surface area contributed by atoms with Crippen LogP contribution >= 0.6 is 15.9 Å². The lowest BCUT2D eigenvalue weighted by atomic mass is 10.1. The van der Waals surface area contributed by atoms with E-state index in [1.807, 2.05) is 0 Å². The van der Waals surface area contributed by atoms with Crippen LogP contribution < -0.4 is 4.74 Å². The van der Waals surface area contributed by atoms with Gasteiger partial charge in [0.15, 0.2) is 16.4 Å². The minimum Gasteiger partial charge on any atom is -0.484 e. The van der Waals surface area contributed by atoms with Gasteiger partial charge in [0.2, 0.25) is 0 Å². The van der Waals surface area contributed by atoms with Crippen LogP contribution in [0.25, 0.3) is 0 Å². The molecule has 0 spiro atoms. The number of amides is 1. The van der Waals surface area contributed by atoms with Crippen LogP contribution in [0.1, 0.15) is 12.0 Å². The van der Waals surface area contributed by atoms with E-state index < -0.39 is 21.7 Å². The van der Waals surface area contributed by atoms with E-state index in [9.17, 15) is 17.6 Å². The number of nitrogens with zero attached hydrogens (tertiary/aromatic N) is 1. The first-order valence-corrected chi connectivity index (χ1v) is 11.1. The summed E-state index contributed by atoms with van der Waals surface area (Å²) < 4.78 is 43.6. The van der Waals surface area contributed by atoms with Gasteiger partial charge in [-0.1, -0.05) is 28.1 Å². The van der Waals surface area contributed by atoms with Crippen molar-refractivity contribution >= 4 is 31.7 Å². The number of ether oxygens (including phenoxy) is 1. The number of carbonyl (C=O) groups excluding carboxylic acids is 1. The Morgan fingerprint density at radius 2 is 1.96 bits per heavy atom. The molecule has 0 aliphatic carbocycles. The average Bonchev–Trinajstić information content (AvgIpc) is 2.98. The Morgan fingerprint density at radius 3 is 2.59 bits per heavy atom. The molecule has 1 aliphatic rings. The van der Waals surface area contributed by atoms with E-state index in [1.165, 1.54) is 17.0 Å². The second-order valence-corrected chi connectivity index (χ2v) is 9.60. The number of rotatable bonds is 6. The number of hydrogen-bond donors (Lipinski definition) is 0. The predicted molar refractivity (Wildman–Crippen MR) is 104 cm³/mol. The third-order valence-corrected chi connectivity index (χ3v) is 6.67. The van der Waals surface area contributed by atoms with Crippen molar-refractivity contribution in [2.24, 2.45) is 0 Å². The highest BCUT2D eigenvalue weighted by atomic mass is 79.9. The largest absolute Gasteiger partial charge is 0.484 e. The van der Waals surface area contributed by atoms with Gasteiger partial charge in [0.05, 0.1) is 11.5 Å². The molecule has 0 aromatic heterocycles. The van der Waals surface area contributed by atoms with Crippen molar-refractivity contribution in [1.82, 2.24) is 4.90 Å². The molecule has 3 rings (SSSR count). The van der Waals surface area contributed by atoms with Crippen molar-refractivity contribution in [2.75, 3.05) is 18.1 Å². The van der Waals surface area contributed by atoms with Gasteiger partial charge in [-0.25, -0.2) is 12.8 Å². The van der Waals surface area contributed by atoms with Crippen molar-refractivity contribution in [3.8, 4) is 5.75 Å². The second kappa shape index (κ2) is 8.39. The van der Waals surface area contributed by atoms with Gasteiger partial charge >= 0.3 is 0 Å². The molecular weight excluding hydrogens is 437 g/mol. The molecule has 0 bridgehead atoms. The summed E-state index contributed by atoms with van der Waals surface area (Å²) in [6, 6.07) is 12.6. The Bertz CT molecular complexity index is 918. The molecule has 1 atom stereocenters. The highest BCUT2D eigenvalue weighted by Crippen LogP contribution is 2.21. The van der Waals surface area contributed by atoms with Gasteiger partial charge < -0.3 is 9.64 Å². The van der Waals surface area contributed by atoms with Gasteiger partial charge in [-0.05, 0) is 48.4 Å². The van der Waals surface area contributed by atoms with Crippen molar-refractivity contribution in [3.05, 3.63) is 64.4 Å². The number of sulfone groups is 1. The molecule has 0 N–H and O–H groups in total. The fraction of sp³-hybridized carbons (Fsp3) is 0.316. The lowest BCUT2D eigenvalue weighted by molar-refractivity contribution is -0.136. The molecule has 1 fully saturated rings. The molecule has 0 saturated carbocycles. The molecular formula is C19H19BrFNO4S. The third kappa shape index (κ3) is 5.52. The first-order valence-electron chi connectivity index (χ1n) is 8.45. The van der Waals surface area contributed by atoms with E-state index in [2.05, 4.69) is 15.9 Å². The Hall–Kier alpha value is -1.93. The highest BCUT2D eigenvalue weighted by molar-refractivity contribution is 9.10. The zero-order valence-corrected chi connectivity index (χ0v) is 16.9. The lowest BCUT2D eigenvalue weighted by Crippen LogP contribution is -2.43. The van der Waals surface area contributed by atoms with Gasteiger partial charge in [-0.15, -0.1) is 0 Å². The van der Waals surface area contributed by atoms with Gasteiger partial charge in [0, 0.05) is 17.1 Å². The molecule has 1 aliphatic heterocycles. The van der Waals surface area contributed by atoms with E-state index in [1.54, 1.807) is 36.4 Å². The Balaban J connectivity index is 1.73. The summed E-state index contributed by atoms with van der Waals surface area (Å²) in [5, 5.41) is 0. The van der Waals surface area contributed by atoms with Crippen molar-refractivity contribution in [3.63, 3.8) is 0 Å². The van der Waals surface area contributed by atoms with Crippen LogP contribution in [-0.4, -0.2) is 43.4 Å². The predicted octanol–water partition coefficient (Wildman–Crippen LogP) is 3.18. The highest BCUT2D eigenvalue weighted by Gasteiger charge is 2.34. The zero-order valence-electron chi connectivity index (χ0n) is 14.5. The summed E-state index contributed by atoms with van der Waals surface area (Å²) in [4.78, 5) is 14.3. The van der Waals surface area contributed by atoms with E-state index >= 15 is 0 Å². The summed E-state index contributed by atoms with van der Waals surface area (Å²) in [6.45, 7) is -0.0754. The van der Waals surface area contributed by atoms with Crippen molar-refractivity contribution in [1.29, 1.82) is 0 Å². The molecule has 5 nitrogen and oxygen atoms in total. The normalized spacial score (nSPS) is 18.2. The molecule has 0 radical (unpaired) electrons. The van der Waals surface area contributed by atoms with Gasteiger partial charge in [0.25, 0.3) is 5.91 Å². The van der Waals surface area contributed by atoms with Crippen LogP contribution in [0.15, 0.2) is 53.0 Å². The van der Waals surface area contributed by atoms with Crippen molar-refractivity contribution < 1.29 is 22.3 Å². The number of benzene rings is 2. The van der Waals surface area contributed by atoms with Gasteiger partial charge in [-0.3, -0.25) is 4.79 Å². The molecule has 27 heavy (non-hydrogen) atoms. The number of carbonyl (C=O) groups is 1. The third-order valence-electron chi connectivity index (χ3n) is 4.39. The van der Waals surface area contributed by atoms with Crippen LogP contribution in [0.4, 0.5) is 4.39 Å².